The Hall–Kier alpha value is -0.800. The maximum absolute atomic E-state index is 5.34. The van der Waals surface area contributed by atoms with Crippen LogP contribution >= 0.6 is 0 Å². The summed E-state index contributed by atoms with van der Waals surface area (Å²) in [6.45, 7) is 8.81. The van der Waals surface area contributed by atoms with Crippen LogP contribution in [-0.2, 0) is 18.9 Å². The summed E-state index contributed by atoms with van der Waals surface area (Å²) in [5.41, 5.74) is 0. The Morgan fingerprint density at radius 3 is 1.93 bits per heavy atom. The lowest BCUT2D eigenvalue weighted by Crippen LogP contribution is -2.14. The molecule has 2 heterocycles. The average molecular weight is 213 g/mol. The van der Waals surface area contributed by atoms with Gasteiger partial charge in [-0.3, -0.25) is 0 Å². The highest BCUT2D eigenvalue weighted by Gasteiger charge is 2.24. The minimum Gasteiger partial charge on any atom is -0.385 e. The summed E-state index contributed by atoms with van der Waals surface area (Å²) in [6, 6.07) is 0.705. The Morgan fingerprint density at radius 2 is 1.60 bits per heavy atom. The highest BCUT2D eigenvalue weighted by atomic mass is 16.6. The van der Waals surface area contributed by atoms with Crippen molar-refractivity contribution < 1.29 is 18.9 Å². The first-order valence-electron chi connectivity index (χ1n) is 5.03. The molecule has 2 aliphatic rings. The van der Waals surface area contributed by atoms with Crippen LogP contribution in [0.5, 0.6) is 0 Å². The predicted molar refractivity (Wildman–Crippen MR) is 52.7 cm³/mol. The molecule has 0 aromatic carbocycles. The molecule has 0 aromatic rings. The second kappa shape index (κ2) is 5.33. The molecule has 2 rings (SSSR count). The van der Waals surface area contributed by atoms with Crippen LogP contribution in [0, 0.1) is 12.6 Å². The SMILES string of the molecule is C#[N+][C-](COCC1CO1)COCC1CO1. The zero-order valence-electron chi connectivity index (χ0n) is 8.55. The number of epoxide rings is 2. The van der Waals surface area contributed by atoms with E-state index in [1.807, 2.05) is 0 Å². The van der Waals surface area contributed by atoms with Gasteiger partial charge in [-0.2, -0.15) is 0 Å². The molecule has 0 saturated carbocycles. The van der Waals surface area contributed by atoms with Gasteiger partial charge in [-0.05, 0) is 0 Å². The third-order valence-corrected chi connectivity index (χ3v) is 2.13. The molecule has 0 bridgehead atoms. The molecule has 0 N–H and O–H groups in total. The van der Waals surface area contributed by atoms with Gasteiger partial charge in [0.05, 0.1) is 39.6 Å². The lowest BCUT2D eigenvalue weighted by molar-refractivity contribution is 0.0889. The molecule has 2 unspecified atom stereocenters. The Balaban J connectivity index is 1.48. The van der Waals surface area contributed by atoms with Crippen LogP contribution in [0.25, 0.3) is 4.85 Å². The van der Waals surface area contributed by atoms with E-state index >= 15 is 0 Å². The van der Waals surface area contributed by atoms with Crippen LogP contribution < -0.4 is 0 Å². The third-order valence-electron chi connectivity index (χ3n) is 2.13. The van der Waals surface area contributed by atoms with Crippen molar-refractivity contribution in [2.45, 2.75) is 12.2 Å². The molecule has 0 radical (unpaired) electrons. The predicted octanol–water partition coefficient (Wildman–Crippen LogP) is 0.312. The van der Waals surface area contributed by atoms with E-state index in [4.69, 9.17) is 25.5 Å². The minimum atomic E-state index is 0.268. The molecule has 15 heavy (non-hydrogen) atoms. The van der Waals surface area contributed by atoms with Crippen molar-refractivity contribution in [3.05, 3.63) is 10.9 Å². The van der Waals surface area contributed by atoms with Crippen LogP contribution in [0.15, 0.2) is 0 Å². The van der Waals surface area contributed by atoms with Gasteiger partial charge < -0.3 is 18.9 Å². The van der Waals surface area contributed by atoms with E-state index in [1.54, 1.807) is 0 Å². The standard InChI is InChI=1S/C10H15NO4/c1-11-8(2-12-4-9-6-14-9)3-13-5-10-7-15-10/h1,9-10H,2-7H2. The molecular formula is C10H15NO4. The van der Waals surface area contributed by atoms with Crippen molar-refractivity contribution in [1.82, 2.24) is 0 Å². The first-order chi connectivity index (χ1) is 7.38. The van der Waals surface area contributed by atoms with Gasteiger partial charge in [0.1, 0.15) is 12.2 Å². The molecule has 2 aliphatic heterocycles. The first-order valence-corrected chi connectivity index (χ1v) is 5.03. The number of nitrogens with zero attached hydrogens (tertiary/aromatic N) is 1. The summed E-state index contributed by atoms with van der Waals surface area (Å²) >= 11 is 0. The van der Waals surface area contributed by atoms with Crippen molar-refractivity contribution in [3.8, 4) is 6.57 Å². The number of hydrogen-bond donors (Lipinski definition) is 0. The van der Waals surface area contributed by atoms with E-state index in [0.29, 0.717) is 32.5 Å². The molecule has 84 valence electrons. The van der Waals surface area contributed by atoms with Crippen LogP contribution in [0.4, 0.5) is 0 Å². The lowest BCUT2D eigenvalue weighted by atomic mass is 10.3. The minimum absolute atomic E-state index is 0.268. The van der Waals surface area contributed by atoms with Gasteiger partial charge in [-0.1, -0.05) is 0 Å². The summed E-state index contributed by atoms with van der Waals surface area (Å²) in [4.78, 5) is 3.61. The fourth-order valence-electron chi connectivity index (χ4n) is 1.06. The Kier molecular flexibility index (Phi) is 3.80. The Morgan fingerprint density at radius 1 is 1.13 bits per heavy atom. The molecule has 5 nitrogen and oxygen atoms in total. The van der Waals surface area contributed by atoms with Gasteiger partial charge in [0.2, 0.25) is 0 Å². The van der Waals surface area contributed by atoms with E-state index < -0.39 is 0 Å². The highest BCUT2D eigenvalue weighted by Crippen LogP contribution is 2.12. The largest absolute Gasteiger partial charge is 0.385 e. The maximum atomic E-state index is 5.34. The summed E-state index contributed by atoms with van der Waals surface area (Å²) in [7, 11) is 0. The fourth-order valence-corrected chi connectivity index (χ4v) is 1.06. The van der Waals surface area contributed by atoms with Gasteiger partial charge in [-0.25, -0.2) is 4.85 Å². The van der Waals surface area contributed by atoms with Crippen molar-refractivity contribution in [2.75, 3.05) is 39.6 Å². The topological polar surface area (TPSA) is 47.9 Å². The van der Waals surface area contributed by atoms with E-state index in [-0.39, 0.29) is 12.2 Å². The molecule has 0 aromatic heterocycles. The molecular weight excluding hydrogens is 198 g/mol. The van der Waals surface area contributed by atoms with Gasteiger partial charge in [0, 0.05) is 6.57 Å². The zero-order valence-corrected chi connectivity index (χ0v) is 8.55. The zero-order chi connectivity index (χ0) is 10.5. The normalized spacial score (nSPS) is 27.1. The lowest BCUT2D eigenvalue weighted by Gasteiger charge is -2.08. The molecule has 0 amide bonds. The fraction of sp³-hybridized carbons (Fsp3) is 0.800. The summed E-state index contributed by atoms with van der Waals surface area (Å²) < 4.78 is 20.7. The number of ether oxygens (including phenoxy) is 4. The third kappa shape index (κ3) is 4.49. The van der Waals surface area contributed by atoms with Crippen molar-refractivity contribution in [1.29, 1.82) is 0 Å². The van der Waals surface area contributed by atoms with E-state index in [1.165, 1.54) is 0 Å². The Bertz CT molecular complexity index is 214. The maximum Gasteiger partial charge on any atom is 0.194 e. The van der Waals surface area contributed by atoms with Crippen molar-refractivity contribution in [3.63, 3.8) is 0 Å². The van der Waals surface area contributed by atoms with Crippen molar-refractivity contribution in [2.24, 2.45) is 0 Å². The van der Waals surface area contributed by atoms with Crippen LogP contribution in [-0.4, -0.2) is 51.8 Å². The average Bonchev–Trinajstić information content (AvgIpc) is 3.09. The van der Waals surface area contributed by atoms with Crippen LogP contribution in [0.3, 0.4) is 0 Å². The quantitative estimate of drug-likeness (QED) is 0.430. The number of rotatable bonds is 8. The molecule has 0 aliphatic carbocycles. The highest BCUT2D eigenvalue weighted by molar-refractivity contribution is 5.01. The van der Waals surface area contributed by atoms with E-state index in [2.05, 4.69) is 4.85 Å². The second-order valence-electron chi connectivity index (χ2n) is 3.64. The Labute approximate surface area is 89.1 Å². The summed E-state index contributed by atoms with van der Waals surface area (Å²) in [5.74, 6) is 0. The number of hydrogen-bond acceptors (Lipinski definition) is 4. The monoisotopic (exact) mass is 213 g/mol. The molecule has 2 atom stereocenters. The molecule has 2 saturated heterocycles. The molecule has 2 fully saturated rings. The van der Waals surface area contributed by atoms with Crippen LogP contribution in [0.2, 0.25) is 0 Å². The summed E-state index contributed by atoms with van der Waals surface area (Å²) in [5, 5.41) is 0. The smallest absolute Gasteiger partial charge is 0.194 e. The molecule has 0 spiro atoms. The van der Waals surface area contributed by atoms with Gasteiger partial charge >= 0.3 is 0 Å². The molecule has 5 heteroatoms. The van der Waals surface area contributed by atoms with E-state index in [0.717, 1.165) is 13.2 Å². The van der Waals surface area contributed by atoms with E-state index in [9.17, 15) is 0 Å². The van der Waals surface area contributed by atoms with Gasteiger partial charge in [0.25, 0.3) is 0 Å². The van der Waals surface area contributed by atoms with Crippen LogP contribution in [0.1, 0.15) is 0 Å². The first kappa shape index (κ1) is 10.7. The van der Waals surface area contributed by atoms with Gasteiger partial charge in [0.15, 0.2) is 6.04 Å². The van der Waals surface area contributed by atoms with Gasteiger partial charge in [-0.15, -0.1) is 0 Å². The van der Waals surface area contributed by atoms with Crippen molar-refractivity contribution >= 4 is 0 Å². The second-order valence-corrected chi connectivity index (χ2v) is 3.64. The summed E-state index contributed by atoms with van der Waals surface area (Å²) in [6.07, 6.45) is 0.537.